The molecule has 156 valence electrons. The number of halogens is 1. The molecule has 7 nitrogen and oxygen atoms in total. The number of β-amino-alcohol motifs (C(OH)–C–C–N with tert-alkyl or cyclic N) is 1. The number of nitrogens with zero attached hydrogens (tertiary/aromatic N) is 4. The molecule has 0 spiro atoms. The van der Waals surface area contributed by atoms with E-state index in [4.69, 9.17) is 5.11 Å². The van der Waals surface area contributed by atoms with Gasteiger partial charge >= 0.3 is 0 Å². The molecule has 1 aliphatic rings. The van der Waals surface area contributed by atoms with Crippen molar-refractivity contribution in [1.29, 1.82) is 0 Å². The number of carbonyl (C=O) groups is 1. The molecule has 1 saturated heterocycles. The topological polar surface area (TPSA) is 81.6 Å². The number of piperazine rings is 1. The van der Waals surface area contributed by atoms with Gasteiger partial charge in [0.25, 0.3) is 5.91 Å². The van der Waals surface area contributed by atoms with Crippen molar-refractivity contribution in [2.75, 3.05) is 44.6 Å². The minimum Gasteiger partial charge on any atom is -0.395 e. The smallest absolute Gasteiger partial charge is 0.253 e. The third-order valence-electron chi connectivity index (χ3n) is 4.94. The van der Waals surface area contributed by atoms with Gasteiger partial charge in [-0.1, -0.05) is 0 Å². The Balaban J connectivity index is 1.39. The summed E-state index contributed by atoms with van der Waals surface area (Å²) in [5.74, 6) is 0.544. The van der Waals surface area contributed by atoms with Crippen LogP contribution in [0.3, 0.4) is 0 Å². The van der Waals surface area contributed by atoms with Crippen LogP contribution < -0.4 is 5.32 Å². The highest BCUT2D eigenvalue weighted by Crippen LogP contribution is 2.30. The van der Waals surface area contributed by atoms with E-state index < -0.39 is 0 Å². The summed E-state index contributed by atoms with van der Waals surface area (Å²) in [4.78, 5) is 26.7. The molecule has 0 radical (unpaired) electrons. The predicted molar refractivity (Wildman–Crippen MR) is 122 cm³/mol. The second kappa shape index (κ2) is 9.65. The van der Waals surface area contributed by atoms with Crippen LogP contribution in [0.15, 0.2) is 52.4 Å². The van der Waals surface area contributed by atoms with Crippen molar-refractivity contribution in [3.63, 3.8) is 0 Å². The Morgan fingerprint density at radius 2 is 1.87 bits per heavy atom. The predicted octanol–water partition coefficient (Wildman–Crippen LogP) is 3.46. The van der Waals surface area contributed by atoms with Crippen molar-refractivity contribution in [1.82, 2.24) is 19.8 Å². The molecule has 0 aliphatic carbocycles. The minimum absolute atomic E-state index is 0.0340. The third kappa shape index (κ3) is 5.04. The van der Waals surface area contributed by atoms with Gasteiger partial charge in [-0.25, -0.2) is 9.97 Å². The molecule has 4 rings (SSSR count). The number of hydrogen-bond acceptors (Lipinski definition) is 7. The number of nitrogens with one attached hydrogen (secondary N) is 1. The maximum atomic E-state index is 12.7. The van der Waals surface area contributed by atoms with E-state index in [0.717, 1.165) is 33.1 Å². The maximum absolute atomic E-state index is 12.7. The number of aliphatic hydroxyl groups is 1. The fourth-order valence-electron chi connectivity index (χ4n) is 3.33. The molecular formula is C21H22BrN5O2S. The number of thiophene rings is 1. The lowest BCUT2D eigenvalue weighted by atomic mass is 10.1. The molecule has 3 heterocycles. The highest BCUT2D eigenvalue weighted by molar-refractivity contribution is 9.11. The first kappa shape index (κ1) is 20.9. The van der Waals surface area contributed by atoms with E-state index in [1.54, 1.807) is 17.5 Å². The average Bonchev–Trinajstić information content (AvgIpc) is 3.21. The number of amides is 1. The van der Waals surface area contributed by atoms with Gasteiger partial charge in [-0.05, 0) is 58.4 Å². The molecule has 0 saturated carbocycles. The Morgan fingerprint density at radius 3 is 2.53 bits per heavy atom. The van der Waals surface area contributed by atoms with Crippen LogP contribution >= 0.6 is 27.3 Å². The third-order valence-corrected chi connectivity index (χ3v) is 6.59. The van der Waals surface area contributed by atoms with E-state index in [1.165, 1.54) is 0 Å². The second-order valence-corrected chi connectivity index (χ2v) is 9.39. The molecule has 9 heteroatoms. The zero-order valence-electron chi connectivity index (χ0n) is 16.3. The number of benzene rings is 1. The van der Waals surface area contributed by atoms with Gasteiger partial charge in [-0.2, -0.15) is 0 Å². The molecule has 1 amide bonds. The molecule has 1 fully saturated rings. The van der Waals surface area contributed by atoms with E-state index in [9.17, 15) is 4.79 Å². The molecule has 0 atom stereocenters. The Bertz CT molecular complexity index is 1000. The number of carbonyl (C=O) groups excluding carboxylic acids is 1. The van der Waals surface area contributed by atoms with E-state index in [1.807, 2.05) is 47.4 Å². The fourth-order valence-corrected chi connectivity index (χ4v) is 4.69. The zero-order chi connectivity index (χ0) is 20.9. The lowest BCUT2D eigenvalue weighted by Gasteiger charge is -2.34. The summed E-state index contributed by atoms with van der Waals surface area (Å²) in [5, 5.41) is 12.2. The molecule has 2 N–H and O–H groups in total. The van der Waals surface area contributed by atoms with Gasteiger partial charge in [0.05, 0.1) is 21.0 Å². The summed E-state index contributed by atoms with van der Waals surface area (Å²) in [6.45, 7) is 3.76. The molecule has 0 unspecified atom stereocenters. The summed E-state index contributed by atoms with van der Waals surface area (Å²) in [6, 6.07) is 13.3. The lowest BCUT2D eigenvalue weighted by Crippen LogP contribution is -2.49. The second-order valence-electron chi connectivity index (χ2n) is 6.93. The number of aliphatic hydroxyl groups excluding tert-OH is 1. The van der Waals surface area contributed by atoms with Gasteiger partial charge < -0.3 is 15.3 Å². The van der Waals surface area contributed by atoms with Crippen LogP contribution in [0.2, 0.25) is 0 Å². The molecule has 30 heavy (non-hydrogen) atoms. The first-order valence-corrected chi connectivity index (χ1v) is 11.3. The molecule has 3 aromatic rings. The first-order valence-electron chi connectivity index (χ1n) is 9.71. The van der Waals surface area contributed by atoms with Crippen LogP contribution in [0.4, 0.5) is 11.6 Å². The van der Waals surface area contributed by atoms with Crippen molar-refractivity contribution in [2.45, 2.75) is 0 Å². The summed E-state index contributed by atoms with van der Waals surface area (Å²) < 4.78 is 1.06. The van der Waals surface area contributed by atoms with Gasteiger partial charge in [0.1, 0.15) is 0 Å². The van der Waals surface area contributed by atoms with Gasteiger partial charge in [-0.3, -0.25) is 9.69 Å². The van der Waals surface area contributed by atoms with Crippen molar-refractivity contribution in [3.05, 3.63) is 58.0 Å². The maximum Gasteiger partial charge on any atom is 0.253 e. The van der Waals surface area contributed by atoms with E-state index in [2.05, 4.69) is 36.1 Å². The van der Waals surface area contributed by atoms with Crippen LogP contribution in [-0.2, 0) is 0 Å². The Labute approximate surface area is 187 Å². The Morgan fingerprint density at radius 1 is 1.10 bits per heavy atom. The Kier molecular flexibility index (Phi) is 6.73. The van der Waals surface area contributed by atoms with Crippen molar-refractivity contribution < 1.29 is 9.90 Å². The van der Waals surface area contributed by atoms with E-state index in [0.29, 0.717) is 31.1 Å². The molecular weight excluding hydrogens is 466 g/mol. The molecule has 2 aromatic heterocycles. The normalized spacial score (nSPS) is 14.7. The van der Waals surface area contributed by atoms with Crippen LogP contribution in [0.5, 0.6) is 0 Å². The van der Waals surface area contributed by atoms with Crippen LogP contribution in [0.25, 0.3) is 10.6 Å². The van der Waals surface area contributed by atoms with Gasteiger partial charge in [0.2, 0.25) is 5.95 Å². The molecule has 1 aromatic carbocycles. The lowest BCUT2D eigenvalue weighted by molar-refractivity contribution is 0.0615. The van der Waals surface area contributed by atoms with E-state index in [-0.39, 0.29) is 12.5 Å². The average molecular weight is 488 g/mol. The molecule has 1 aliphatic heterocycles. The monoisotopic (exact) mass is 487 g/mol. The summed E-state index contributed by atoms with van der Waals surface area (Å²) in [6.07, 6.45) is 1.73. The summed E-state index contributed by atoms with van der Waals surface area (Å²) in [5.41, 5.74) is 2.34. The first-order chi connectivity index (χ1) is 14.6. The summed E-state index contributed by atoms with van der Waals surface area (Å²) in [7, 11) is 0. The van der Waals surface area contributed by atoms with Gasteiger partial charge in [0.15, 0.2) is 0 Å². The van der Waals surface area contributed by atoms with Crippen molar-refractivity contribution in [3.8, 4) is 10.6 Å². The van der Waals surface area contributed by atoms with E-state index >= 15 is 0 Å². The SMILES string of the molecule is O=C(c1ccc(Nc2nccc(-c3ccc(Br)s3)n2)cc1)N1CCN(CCO)CC1. The number of hydrogen-bond donors (Lipinski definition) is 2. The largest absolute Gasteiger partial charge is 0.395 e. The van der Waals surface area contributed by atoms with Crippen LogP contribution in [0, 0.1) is 0 Å². The molecule has 0 bridgehead atoms. The van der Waals surface area contributed by atoms with Gasteiger partial charge in [-0.15, -0.1) is 11.3 Å². The zero-order valence-corrected chi connectivity index (χ0v) is 18.7. The Hall–Kier alpha value is -2.33. The highest BCUT2D eigenvalue weighted by atomic mass is 79.9. The summed E-state index contributed by atoms with van der Waals surface area (Å²) >= 11 is 5.09. The van der Waals surface area contributed by atoms with Crippen LogP contribution in [0.1, 0.15) is 10.4 Å². The van der Waals surface area contributed by atoms with Gasteiger partial charge in [0, 0.05) is 50.2 Å². The number of anilines is 2. The number of rotatable bonds is 6. The number of aromatic nitrogens is 2. The van der Waals surface area contributed by atoms with Crippen molar-refractivity contribution >= 4 is 44.8 Å². The highest BCUT2D eigenvalue weighted by Gasteiger charge is 2.21. The van der Waals surface area contributed by atoms with Crippen LogP contribution in [-0.4, -0.2) is 70.1 Å². The fraction of sp³-hybridized carbons (Fsp3) is 0.286. The standard InChI is InChI=1S/C21H22BrN5O2S/c22-19-6-5-18(30-19)17-7-8-23-21(25-17)24-16-3-1-15(2-4-16)20(29)27-11-9-26(10-12-27)13-14-28/h1-8,28H,9-14H2,(H,23,24,25). The quantitative estimate of drug-likeness (QED) is 0.553. The van der Waals surface area contributed by atoms with Crippen molar-refractivity contribution in [2.24, 2.45) is 0 Å². The minimum atomic E-state index is 0.0340.